The van der Waals surface area contributed by atoms with E-state index in [0.717, 1.165) is 25.2 Å². The van der Waals surface area contributed by atoms with Crippen molar-refractivity contribution < 1.29 is 4.79 Å². The van der Waals surface area contributed by atoms with Crippen molar-refractivity contribution in [1.82, 2.24) is 4.90 Å². The molecule has 1 unspecified atom stereocenters. The van der Waals surface area contributed by atoms with Gasteiger partial charge < -0.3 is 10.2 Å². The first-order valence-corrected chi connectivity index (χ1v) is 7.94. The minimum Gasteiger partial charge on any atom is -0.385 e. The number of carbonyl (C=O) groups excluding carboxylic acids is 1. The first kappa shape index (κ1) is 13.5. The number of hydrogen-bond donors (Lipinski definition) is 1. The van der Waals surface area contributed by atoms with Crippen molar-refractivity contribution in [2.45, 2.75) is 51.0 Å². The molecule has 1 saturated carbocycles. The summed E-state index contributed by atoms with van der Waals surface area (Å²) in [6.07, 6.45) is 5.84. The summed E-state index contributed by atoms with van der Waals surface area (Å²) in [4.78, 5) is 15.1. The van der Waals surface area contributed by atoms with Gasteiger partial charge in [-0.3, -0.25) is 4.79 Å². The highest BCUT2D eigenvalue weighted by molar-refractivity contribution is 5.86. The quantitative estimate of drug-likeness (QED) is 0.915. The fourth-order valence-corrected chi connectivity index (χ4v) is 3.74. The lowest BCUT2D eigenvalue weighted by Crippen LogP contribution is -2.42. The zero-order valence-corrected chi connectivity index (χ0v) is 12.3. The summed E-state index contributed by atoms with van der Waals surface area (Å²) in [7, 11) is 0. The number of anilines is 1. The average Bonchev–Trinajstić information content (AvgIpc) is 3.01. The molecule has 1 heterocycles. The van der Waals surface area contributed by atoms with Gasteiger partial charge in [0.05, 0.1) is 5.92 Å². The molecule has 0 aromatic heterocycles. The number of amides is 1. The Balaban J connectivity index is 1.83. The van der Waals surface area contributed by atoms with E-state index >= 15 is 0 Å². The van der Waals surface area contributed by atoms with Crippen LogP contribution in [0.5, 0.6) is 0 Å². The molecule has 1 fully saturated rings. The second kappa shape index (κ2) is 5.86. The highest BCUT2D eigenvalue weighted by Crippen LogP contribution is 2.34. The maximum atomic E-state index is 13.0. The van der Waals surface area contributed by atoms with Gasteiger partial charge in [0.25, 0.3) is 0 Å². The molecule has 1 aliphatic carbocycles. The normalized spacial score (nSPS) is 22.1. The van der Waals surface area contributed by atoms with Crippen LogP contribution in [0.3, 0.4) is 0 Å². The summed E-state index contributed by atoms with van der Waals surface area (Å²) < 4.78 is 0. The fraction of sp³-hybridized carbons (Fsp3) is 0.588. The van der Waals surface area contributed by atoms with Gasteiger partial charge in [0, 0.05) is 24.8 Å². The second-order valence-corrected chi connectivity index (χ2v) is 5.92. The van der Waals surface area contributed by atoms with Gasteiger partial charge in [0.1, 0.15) is 0 Å². The molecule has 1 aliphatic heterocycles. The summed E-state index contributed by atoms with van der Waals surface area (Å²) in [6, 6.07) is 8.74. The summed E-state index contributed by atoms with van der Waals surface area (Å²) in [6.45, 7) is 3.86. The van der Waals surface area contributed by atoms with Crippen LogP contribution >= 0.6 is 0 Å². The van der Waals surface area contributed by atoms with Gasteiger partial charge in [-0.1, -0.05) is 31.0 Å². The van der Waals surface area contributed by atoms with Crippen LogP contribution in [-0.2, 0) is 4.79 Å². The van der Waals surface area contributed by atoms with Gasteiger partial charge in [-0.15, -0.1) is 0 Å². The van der Waals surface area contributed by atoms with E-state index in [9.17, 15) is 4.79 Å². The molecule has 0 saturated heterocycles. The molecule has 2 aliphatic rings. The molecular formula is C17H24N2O. The van der Waals surface area contributed by atoms with Crippen LogP contribution in [0.25, 0.3) is 0 Å². The maximum Gasteiger partial charge on any atom is 0.230 e. The molecule has 3 nitrogen and oxygen atoms in total. The van der Waals surface area contributed by atoms with Crippen LogP contribution in [0.15, 0.2) is 24.3 Å². The van der Waals surface area contributed by atoms with Gasteiger partial charge >= 0.3 is 0 Å². The van der Waals surface area contributed by atoms with Crippen molar-refractivity contribution in [3.8, 4) is 0 Å². The molecular weight excluding hydrogens is 248 g/mol. The van der Waals surface area contributed by atoms with Gasteiger partial charge in [0.2, 0.25) is 5.91 Å². The maximum absolute atomic E-state index is 13.0. The van der Waals surface area contributed by atoms with Crippen LogP contribution in [0, 0.1) is 0 Å². The topological polar surface area (TPSA) is 32.3 Å². The van der Waals surface area contributed by atoms with E-state index in [0.29, 0.717) is 11.9 Å². The third kappa shape index (κ3) is 2.41. The Bertz CT molecular complexity index is 480. The number of fused-ring (bicyclic) bond motifs is 1. The molecule has 0 spiro atoms. The standard InChI is InChI=1S/C17H24N2O/c1-2-19(13-7-3-4-8-13)17(20)15-11-12-18-16-10-6-5-9-14(15)16/h5-6,9-10,13,15,18H,2-4,7-8,11-12H2,1H3. The minimum absolute atomic E-state index is 0.0491. The number of likely N-dealkylation sites (N-methyl/N-ethyl adjacent to an activating group) is 1. The van der Waals surface area contributed by atoms with Crippen molar-refractivity contribution >= 4 is 11.6 Å². The van der Waals surface area contributed by atoms with E-state index in [2.05, 4.69) is 29.3 Å². The molecule has 20 heavy (non-hydrogen) atoms. The largest absolute Gasteiger partial charge is 0.385 e. The monoisotopic (exact) mass is 272 g/mol. The smallest absolute Gasteiger partial charge is 0.230 e. The van der Waals surface area contributed by atoms with Gasteiger partial charge in [-0.05, 0) is 37.8 Å². The summed E-state index contributed by atoms with van der Waals surface area (Å²) in [5.41, 5.74) is 2.32. The molecule has 1 N–H and O–H groups in total. The number of benzene rings is 1. The Morgan fingerprint density at radius 2 is 2.00 bits per heavy atom. The highest BCUT2D eigenvalue weighted by atomic mass is 16.2. The lowest BCUT2D eigenvalue weighted by atomic mass is 9.89. The molecule has 108 valence electrons. The minimum atomic E-state index is 0.0491. The van der Waals surface area contributed by atoms with Crippen LogP contribution in [0.2, 0.25) is 0 Å². The van der Waals surface area contributed by atoms with Crippen molar-refractivity contribution in [3.63, 3.8) is 0 Å². The highest BCUT2D eigenvalue weighted by Gasteiger charge is 2.33. The number of nitrogens with one attached hydrogen (secondary N) is 1. The Morgan fingerprint density at radius 3 is 2.75 bits per heavy atom. The molecule has 3 rings (SSSR count). The fourth-order valence-electron chi connectivity index (χ4n) is 3.74. The molecule has 1 amide bonds. The molecule has 3 heteroatoms. The first-order valence-electron chi connectivity index (χ1n) is 7.94. The molecule has 1 aromatic rings. The summed E-state index contributed by atoms with van der Waals surface area (Å²) in [5.74, 6) is 0.390. The molecule has 1 aromatic carbocycles. The van der Waals surface area contributed by atoms with Crippen LogP contribution in [0.1, 0.15) is 50.5 Å². The lowest BCUT2D eigenvalue weighted by Gasteiger charge is -2.34. The van der Waals surface area contributed by atoms with Crippen LogP contribution in [-0.4, -0.2) is 29.9 Å². The van der Waals surface area contributed by atoms with E-state index in [1.54, 1.807) is 0 Å². The molecule has 0 radical (unpaired) electrons. The van der Waals surface area contributed by atoms with Gasteiger partial charge in [0.15, 0.2) is 0 Å². The third-order valence-corrected chi connectivity index (χ3v) is 4.77. The summed E-state index contributed by atoms with van der Waals surface area (Å²) >= 11 is 0. The van der Waals surface area contributed by atoms with Crippen molar-refractivity contribution in [2.24, 2.45) is 0 Å². The van der Waals surface area contributed by atoms with E-state index in [-0.39, 0.29) is 5.92 Å². The zero-order valence-electron chi connectivity index (χ0n) is 12.3. The van der Waals surface area contributed by atoms with Crippen molar-refractivity contribution in [3.05, 3.63) is 29.8 Å². The lowest BCUT2D eigenvalue weighted by molar-refractivity contribution is -0.135. The Morgan fingerprint density at radius 1 is 1.25 bits per heavy atom. The Labute approximate surface area is 121 Å². The van der Waals surface area contributed by atoms with Crippen molar-refractivity contribution in [2.75, 3.05) is 18.4 Å². The van der Waals surface area contributed by atoms with E-state index in [4.69, 9.17) is 0 Å². The molecule has 1 atom stereocenters. The van der Waals surface area contributed by atoms with Crippen LogP contribution in [0.4, 0.5) is 5.69 Å². The Kier molecular flexibility index (Phi) is 3.95. The van der Waals surface area contributed by atoms with Gasteiger partial charge in [-0.2, -0.15) is 0 Å². The number of hydrogen-bond acceptors (Lipinski definition) is 2. The third-order valence-electron chi connectivity index (χ3n) is 4.77. The van der Waals surface area contributed by atoms with Gasteiger partial charge in [-0.25, -0.2) is 0 Å². The molecule has 0 bridgehead atoms. The van der Waals surface area contributed by atoms with E-state index in [1.807, 2.05) is 12.1 Å². The predicted molar refractivity (Wildman–Crippen MR) is 81.9 cm³/mol. The number of rotatable bonds is 3. The Hall–Kier alpha value is -1.51. The average molecular weight is 272 g/mol. The van der Waals surface area contributed by atoms with Crippen molar-refractivity contribution in [1.29, 1.82) is 0 Å². The van der Waals surface area contributed by atoms with Crippen LogP contribution < -0.4 is 5.32 Å². The summed E-state index contributed by atoms with van der Waals surface area (Å²) in [5, 5.41) is 3.40. The zero-order chi connectivity index (χ0) is 13.9. The first-order chi connectivity index (χ1) is 9.81. The predicted octanol–water partition coefficient (Wildman–Crippen LogP) is 3.38. The van der Waals surface area contributed by atoms with E-state index in [1.165, 1.54) is 31.2 Å². The number of para-hydroxylation sites is 1. The van der Waals surface area contributed by atoms with E-state index < -0.39 is 0 Å². The SMILES string of the molecule is CCN(C(=O)C1CCNc2ccccc21)C1CCCC1. The second-order valence-electron chi connectivity index (χ2n) is 5.92. The number of carbonyl (C=O) groups is 1. The number of nitrogens with zero attached hydrogens (tertiary/aromatic N) is 1.